The van der Waals surface area contributed by atoms with Crippen molar-refractivity contribution in [3.05, 3.63) is 163 Å². The van der Waals surface area contributed by atoms with Crippen molar-refractivity contribution in [2.24, 2.45) is 0 Å². The van der Waals surface area contributed by atoms with Crippen LogP contribution in [0.3, 0.4) is 0 Å². The van der Waals surface area contributed by atoms with Crippen LogP contribution in [0.15, 0.2) is 152 Å². The van der Waals surface area contributed by atoms with Gasteiger partial charge in [-0.25, -0.2) is 9.97 Å². The number of hydrogen-bond donors (Lipinski definition) is 0. The molecule has 0 amide bonds. The molecule has 0 unspecified atom stereocenters. The third kappa shape index (κ3) is 4.83. The van der Waals surface area contributed by atoms with Crippen LogP contribution >= 0.6 is 0 Å². The Kier molecular flexibility index (Phi) is 6.46. The van der Waals surface area contributed by atoms with E-state index in [2.05, 4.69) is 134 Å². The molecule has 0 N–H and O–H groups in total. The molecular weight excluding hydrogens is 546 g/mol. The smallest absolute Gasteiger partial charge is 0.160 e. The monoisotopic (exact) mass is 577 g/mol. The lowest BCUT2D eigenvalue weighted by Crippen LogP contribution is -2.14. The van der Waals surface area contributed by atoms with E-state index < -0.39 is 0 Å². The van der Waals surface area contributed by atoms with Crippen molar-refractivity contribution >= 4 is 0 Å². The molecule has 0 saturated carbocycles. The molecule has 0 aliphatic heterocycles. The molecule has 0 spiro atoms. The molecule has 0 fully saturated rings. The van der Waals surface area contributed by atoms with Gasteiger partial charge in [0.25, 0.3) is 0 Å². The van der Waals surface area contributed by atoms with E-state index in [0.717, 1.165) is 39.2 Å². The van der Waals surface area contributed by atoms with E-state index in [1.165, 1.54) is 33.4 Å². The Hall–Kier alpha value is -5.67. The Morgan fingerprint density at radius 1 is 0.422 bits per heavy atom. The SMILES string of the molecule is CC1(C)c2ccccc2-c2ccc(-c3cccc(-c4cc(-c5ccccc5)nc(-c5ccc(-c6cccnc6)cc5)n4)c3)cc21. The Bertz CT molecular complexity index is 2170. The summed E-state index contributed by atoms with van der Waals surface area (Å²) in [4.78, 5) is 14.4. The fourth-order valence-electron chi connectivity index (χ4n) is 6.57. The number of rotatable bonds is 5. The summed E-state index contributed by atoms with van der Waals surface area (Å²) < 4.78 is 0. The molecule has 3 heteroatoms. The van der Waals surface area contributed by atoms with Gasteiger partial charge >= 0.3 is 0 Å². The van der Waals surface area contributed by atoms with Crippen molar-refractivity contribution in [1.82, 2.24) is 15.0 Å². The van der Waals surface area contributed by atoms with Crippen LogP contribution in [0.5, 0.6) is 0 Å². The average Bonchev–Trinajstić information content (AvgIpc) is 3.34. The van der Waals surface area contributed by atoms with Crippen LogP contribution in [0.4, 0.5) is 0 Å². The van der Waals surface area contributed by atoms with E-state index >= 15 is 0 Å². The lowest BCUT2D eigenvalue weighted by molar-refractivity contribution is 0.660. The van der Waals surface area contributed by atoms with Crippen molar-refractivity contribution in [3.63, 3.8) is 0 Å². The highest BCUT2D eigenvalue weighted by molar-refractivity contribution is 5.84. The molecule has 0 saturated heterocycles. The minimum absolute atomic E-state index is 0.0434. The first-order chi connectivity index (χ1) is 22.0. The number of nitrogens with zero attached hydrogens (tertiary/aromatic N) is 3. The minimum Gasteiger partial charge on any atom is -0.264 e. The summed E-state index contributed by atoms with van der Waals surface area (Å²) in [6, 6.07) is 49.3. The van der Waals surface area contributed by atoms with Crippen molar-refractivity contribution < 1.29 is 0 Å². The highest BCUT2D eigenvalue weighted by Crippen LogP contribution is 2.49. The van der Waals surface area contributed by atoms with Crippen LogP contribution in [0.25, 0.3) is 67.3 Å². The minimum atomic E-state index is -0.0434. The quantitative estimate of drug-likeness (QED) is 0.204. The highest BCUT2D eigenvalue weighted by Gasteiger charge is 2.35. The molecule has 3 nitrogen and oxygen atoms in total. The third-order valence-corrected chi connectivity index (χ3v) is 9.01. The summed E-state index contributed by atoms with van der Waals surface area (Å²) in [5.74, 6) is 0.700. The second kappa shape index (κ2) is 10.8. The summed E-state index contributed by atoms with van der Waals surface area (Å²) in [7, 11) is 0. The van der Waals surface area contributed by atoms with Crippen LogP contribution < -0.4 is 0 Å². The molecule has 8 rings (SSSR count). The second-order valence-electron chi connectivity index (χ2n) is 12.2. The van der Waals surface area contributed by atoms with E-state index in [1.54, 1.807) is 6.20 Å². The Morgan fingerprint density at radius 3 is 1.84 bits per heavy atom. The van der Waals surface area contributed by atoms with Crippen LogP contribution in [0.1, 0.15) is 25.0 Å². The summed E-state index contributed by atoms with van der Waals surface area (Å²) in [5.41, 5.74) is 14.8. The lowest BCUT2D eigenvalue weighted by Gasteiger charge is -2.22. The van der Waals surface area contributed by atoms with Crippen LogP contribution in [0, 0.1) is 0 Å². The van der Waals surface area contributed by atoms with Crippen LogP contribution in [-0.2, 0) is 5.41 Å². The molecular formula is C42H31N3. The molecule has 0 atom stereocenters. The van der Waals surface area contributed by atoms with Crippen molar-refractivity contribution in [2.75, 3.05) is 0 Å². The van der Waals surface area contributed by atoms with Crippen LogP contribution in [0.2, 0.25) is 0 Å². The molecule has 1 aliphatic rings. The molecule has 5 aromatic carbocycles. The normalized spacial score (nSPS) is 12.8. The highest BCUT2D eigenvalue weighted by atomic mass is 14.9. The van der Waals surface area contributed by atoms with Gasteiger partial charge in [0.15, 0.2) is 5.82 Å². The van der Waals surface area contributed by atoms with Gasteiger partial charge < -0.3 is 0 Å². The number of hydrogen-bond acceptors (Lipinski definition) is 3. The zero-order chi connectivity index (χ0) is 30.4. The number of benzene rings is 5. The van der Waals surface area contributed by atoms with E-state index in [9.17, 15) is 0 Å². The second-order valence-corrected chi connectivity index (χ2v) is 12.2. The Labute approximate surface area is 264 Å². The van der Waals surface area contributed by atoms with Gasteiger partial charge in [-0.15, -0.1) is 0 Å². The van der Waals surface area contributed by atoms with E-state index in [4.69, 9.17) is 9.97 Å². The maximum absolute atomic E-state index is 5.12. The van der Waals surface area contributed by atoms with Gasteiger partial charge in [0.05, 0.1) is 11.4 Å². The van der Waals surface area contributed by atoms with Crippen molar-refractivity contribution in [1.29, 1.82) is 0 Å². The van der Waals surface area contributed by atoms with E-state index in [0.29, 0.717) is 5.82 Å². The largest absolute Gasteiger partial charge is 0.264 e. The van der Waals surface area contributed by atoms with Gasteiger partial charge in [0, 0.05) is 34.5 Å². The van der Waals surface area contributed by atoms with Gasteiger partial charge in [0.1, 0.15) is 0 Å². The first-order valence-electron chi connectivity index (χ1n) is 15.4. The predicted octanol–water partition coefficient (Wildman–Crippen LogP) is 10.5. The number of fused-ring (bicyclic) bond motifs is 3. The first-order valence-corrected chi connectivity index (χ1v) is 15.4. The molecule has 45 heavy (non-hydrogen) atoms. The zero-order valence-electron chi connectivity index (χ0n) is 25.3. The topological polar surface area (TPSA) is 38.7 Å². The van der Waals surface area contributed by atoms with Gasteiger partial charge in [-0.05, 0) is 68.8 Å². The Balaban J connectivity index is 1.21. The molecule has 1 aliphatic carbocycles. The van der Waals surface area contributed by atoms with Gasteiger partial charge in [-0.3, -0.25) is 4.98 Å². The maximum atomic E-state index is 5.12. The molecule has 0 radical (unpaired) electrons. The maximum Gasteiger partial charge on any atom is 0.160 e. The fourth-order valence-corrected chi connectivity index (χ4v) is 6.57. The molecule has 2 heterocycles. The predicted molar refractivity (Wildman–Crippen MR) is 185 cm³/mol. The average molecular weight is 578 g/mol. The van der Waals surface area contributed by atoms with Crippen molar-refractivity contribution in [2.45, 2.75) is 19.3 Å². The third-order valence-electron chi connectivity index (χ3n) is 9.01. The van der Waals surface area contributed by atoms with E-state index in [1.807, 2.05) is 30.5 Å². The summed E-state index contributed by atoms with van der Waals surface area (Å²) >= 11 is 0. The number of aromatic nitrogens is 3. The Morgan fingerprint density at radius 2 is 1.04 bits per heavy atom. The molecule has 214 valence electrons. The van der Waals surface area contributed by atoms with Gasteiger partial charge in [-0.2, -0.15) is 0 Å². The zero-order valence-corrected chi connectivity index (χ0v) is 25.3. The van der Waals surface area contributed by atoms with Gasteiger partial charge in [-0.1, -0.05) is 129 Å². The van der Waals surface area contributed by atoms with E-state index in [-0.39, 0.29) is 5.41 Å². The first kappa shape index (κ1) is 26.9. The number of pyridine rings is 1. The summed E-state index contributed by atoms with van der Waals surface area (Å²) in [5, 5.41) is 0. The molecule has 0 bridgehead atoms. The van der Waals surface area contributed by atoms with Gasteiger partial charge in [0.2, 0.25) is 0 Å². The summed E-state index contributed by atoms with van der Waals surface area (Å²) in [6.07, 6.45) is 3.68. The molecule has 7 aromatic rings. The standard InChI is InChI=1S/C42H31N3/c1-42(2)37-16-7-6-15-35(37)36-22-21-32(25-38(36)42)31-12-8-13-33(24-31)40-26-39(29-10-4-3-5-11-29)44-41(45-40)30-19-17-28(18-20-30)34-14-9-23-43-27-34/h3-27H,1-2H3. The fraction of sp³-hybridized carbons (Fsp3) is 0.0714. The molecule has 2 aromatic heterocycles. The lowest BCUT2D eigenvalue weighted by atomic mass is 9.81. The van der Waals surface area contributed by atoms with Crippen molar-refractivity contribution in [3.8, 4) is 67.3 Å². The van der Waals surface area contributed by atoms with Crippen LogP contribution in [-0.4, -0.2) is 15.0 Å². The summed E-state index contributed by atoms with van der Waals surface area (Å²) in [6.45, 7) is 4.66.